The van der Waals surface area contributed by atoms with Gasteiger partial charge in [0.1, 0.15) is 5.92 Å². The number of hydrogen-bond acceptors (Lipinski definition) is 1. The van der Waals surface area contributed by atoms with Crippen molar-refractivity contribution in [1.82, 2.24) is 0 Å². The maximum absolute atomic E-state index is 12.3. The summed E-state index contributed by atoms with van der Waals surface area (Å²) in [5.74, 6) is -0.378. The third kappa shape index (κ3) is 1.44. The molecule has 0 radical (unpaired) electrons. The van der Waals surface area contributed by atoms with Gasteiger partial charge in [0.2, 0.25) is 0 Å². The number of carbonyl (C=O) groups is 1. The van der Waals surface area contributed by atoms with Crippen LogP contribution in [0.4, 0.5) is 5.69 Å². The predicted molar refractivity (Wildman–Crippen MR) is 67.9 cm³/mol. The molecule has 0 saturated carbocycles. The van der Waals surface area contributed by atoms with Gasteiger partial charge < -0.3 is 5.53 Å². The second-order valence-corrected chi connectivity index (χ2v) is 4.27. The van der Waals surface area contributed by atoms with Crippen LogP contribution in [0.15, 0.2) is 54.3 Å². The van der Waals surface area contributed by atoms with E-state index in [9.17, 15) is 4.79 Å². The third-order valence-corrected chi connectivity index (χ3v) is 3.26. The summed E-state index contributed by atoms with van der Waals surface area (Å²) < 4.78 is 0. The van der Waals surface area contributed by atoms with Crippen molar-refractivity contribution in [3.05, 3.63) is 59.8 Å². The highest BCUT2D eigenvalue weighted by Crippen LogP contribution is 2.35. The average molecular weight is 237 g/mol. The SMILES string of the molecule is [N-]=[N+]=C1C(=O)N(c2ccccc2)C2=CC=CCC21. The Morgan fingerprint density at radius 1 is 1.28 bits per heavy atom. The average Bonchev–Trinajstić information content (AvgIpc) is 2.71. The molecule has 1 heterocycles. The van der Waals surface area contributed by atoms with Gasteiger partial charge in [-0.25, -0.2) is 0 Å². The Balaban J connectivity index is 2.14. The number of anilines is 1. The molecule has 1 amide bonds. The lowest BCUT2D eigenvalue weighted by Gasteiger charge is -2.19. The summed E-state index contributed by atoms with van der Waals surface area (Å²) in [6, 6.07) is 9.40. The first-order valence-corrected chi connectivity index (χ1v) is 5.81. The number of hydrogen-bond donors (Lipinski definition) is 0. The highest BCUT2D eigenvalue weighted by Gasteiger charge is 2.48. The maximum atomic E-state index is 12.3. The minimum atomic E-state index is -0.247. The molecule has 1 aliphatic heterocycles. The molecule has 3 rings (SSSR count). The molecule has 0 aromatic heterocycles. The Morgan fingerprint density at radius 3 is 2.78 bits per heavy atom. The van der Waals surface area contributed by atoms with Crippen molar-refractivity contribution in [2.75, 3.05) is 4.90 Å². The third-order valence-electron chi connectivity index (χ3n) is 3.26. The van der Waals surface area contributed by atoms with Crippen LogP contribution >= 0.6 is 0 Å². The number of benzene rings is 1. The second kappa shape index (κ2) is 4.09. The number of fused-ring (bicyclic) bond motifs is 1. The second-order valence-electron chi connectivity index (χ2n) is 4.27. The van der Waals surface area contributed by atoms with Crippen molar-refractivity contribution in [2.24, 2.45) is 5.92 Å². The molecular formula is C14H11N3O. The number of amides is 1. The van der Waals surface area contributed by atoms with E-state index in [1.54, 1.807) is 4.90 Å². The monoisotopic (exact) mass is 237 g/mol. The van der Waals surface area contributed by atoms with Gasteiger partial charge in [-0.15, -0.1) is 0 Å². The summed E-state index contributed by atoms with van der Waals surface area (Å²) in [7, 11) is 0. The van der Waals surface area contributed by atoms with E-state index in [-0.39, 0.29) is 17.5 Å². The highest BCUT2D eigenvalue weighted by atomic mass is 16.2. The summed E-state index contributed by atoms with van der Waals surface area (Å²) in [5.41, 5.74) is 10.9. The topological polar surface area (TPSA) is 56.7 Å². The zero-order valence-corrected chi connectivity index (χ0v) is 9.65. The fourth-order valence-electron chi connectivity index (χ4n) is 2.44. The first kappa shape index (κ1) is 10.7. The number of carbonyl (C=O) groups excluding carboxylic acids is 1. The van der Waals surface area contributed by atoms with E-state index in [4.69, 9.17) is 5.53 Å². The van der Waals surface area contributed by atoms with Crippen LogP contribution in [0.5, 0.6) is 0 Å². The Morgan fingerprint density at radius 2 is 2.06 bits per heavy atom. The normalized spacial score (nSPS) is 21.7. The van der Waals surface area contributed by atoms with Gasteiger partial charge in [-0.3, -0.25) is 9.69 Å². The number of allylic oxidation sites excluding steroid dienone is 4. The van der Waals surface area contributed by atoms with Gasteiger partial charge in [0, 0.05) is 11.4 Å². The summed E-state index contributed by atoms with van der Waals surface area (Å²) in [5, 5.41) is 0. The van der Waals surface area contributed by atoms with Crippen molar-refractivity contribution in [2.45, 2.75) is 6.42 Å². The van der Waals surface area contributed by atoms with Gasteiger partial charge in [0.15, 0.2) is 0 Å². The molecule has 1 fully saturated rings. The van der Waals surface area contributed by atoms with E-state index in [0.29, 0.717) is 6.42 Å². The molecule has 1 aliphatic carbocycles. The fraction of sp³-hybridized carbons (Fsp3) is 0.143. The van der Waals surface area contributed by atoms with E-state index in [1.807, 2.05) is 48.6 Å². The Bertz CT molecular complexity index is 609. The van der Waals surface area contributed by atoms with Gasteiger partial charge in [0.05, 0.1) is 0 Å². The summed E-state index contributed by atoms with van der Waals surface area (Å²) in [4.78, 5) is 17.1. The molecule has 4 heteroatoms. The number of para-hydroxylation sites is 1. The molecule has 1 saturated heterocycles. The number of rotatable bonds is 1. The zero-order valence-electron chi connectivity index (χ0n) is 9.65. The molecule has 18 heavy (non-hydrogen) atoms. The minimum absolute atomic E-state index is 0.132. The summed E-state index contributed by atoms with van der Waals surface area (Å²) in [6.07, 6.45) is 6.49. The van der Waals surface area contributed by atoms with Crippen LogP contribution in [0.25, 0.3) is 5.53 Å². The standard InChI is InChI=1S/C14H11N3O/c15-16-13-11-8-4-5-9-12(11)17(14(13)18)10-6-2-1-3-7-10/h1-7,9,11H,8H2. The number of nitrogens with zero attached hydrogens (tertiary/aromatic N) is 3. The molecule has 4 nitrogen and oxygen atoms in total. The van der Waals surface area contributed by atoms with Crippen molar-refractivity contribution in [3.63, 3.8) is 0 Å². The van der Waals surface area contributed by atoms with Crippen LogP contribution in [-0.4, -0.2) is 16.4 Å². The van der Waals surface area contributed by atoms with Crippen LogP contribution in [0.1, 0.15) is 6.42 Å². The first-order valence-electron chi connectivity index (χ1n) is 5.81. The largest absolute Gasteiger partial charge is 0.365 e. The van der Waals surface area contributed by atoms with E-state index in [1.165, 1.54) is 0 Å². The molecule has 1 aromatic rings. The molecular weight excluding hydrogens is 226 g/mol. The van der Waals surface area contributed by atoms with Crippen molar-refractivity contribution in [3.8, 4) is 0 Å². The van der Waals surface area contributed by atoms with Crippen molar-refractivity contribution < 1.29 is 9.58 Å². The Labute approximate surface area is 104 Å². The summed E-state index contributed by atoms with van der Waals surface area (Å²) in [6.45, 7) is 0. The molecule has 1 aromatic carbocycles. The lowest BCUT2D eigenvalue weighted by atomic mass is 9.95. The fourth-order valence-corrected chi connectivity index (χ4v) is 2.44. The molecule has 0 N–H and O–H groups in total. The van der Waals surface area contributed by atoms with Gasteiger partial charge in [-0.1, -0.05) is 30.4 Å². The van der Waals surface area contributed by atoms with Crippen LogP contribution in [0, 0.1) is 5.92 Å². The van der Waals surface area contributed by atoms with Crippen LogP contribution in [0.3, 0.4) is 0 Å². The van der Waals surface area contributed by atoms with Crippen LogP contribution in [0.2, 0.25) is 0 Å². The minimum Gasteiger partial charge on any atom is -0.361 e. The summed E-state index contributed by atoms with van der Waals surface area (Å²) >= 11 is 0. The lowest BCUT2D eigenvalue weighted by Crippen LogP contribution is -2.26. The van der Waals surface area contributed by atoms with Gasteiger partial charge in [-0.05, 0) is 24.6 Å². The van der Waals surface area contributed by atoms with Gasteiger partial charge >= 0.3 is 11.6 Å². The van der Waals surface area contributed by atoms with E-state index in [0.717, 1.165) is 11.4 Å². The zero-order chi connectivity index (χ0) is 12.5. The smallest absolute Gasteiger partial charge is 0.361 e. The van der Waals surface area contributed by atoms with Gasteiger partial charge in [0.25, 0.3) is 0 Å². The molecule has 1 unspecified atom stereocenters. The Hall–Kier alpha value is -2.45. The van der Waals surface area contributed by atoms with E-state index < -0.39 is 0 Å². The van der Waals surface area contributed by atoms with Crippen LogP contribution < -0.4 is 4.90 Å². The molecule has 2 aliphatic rings. The maximum Gasteiger partial charge on any atom is 0.365 e. The molecule has 1 atom stereocenters. The van der Waals surface area contributed by atoms with Gasteiger partial charge in [-0.2, -0.15) is 4.79 Å². The first-order chi connectivity index (χ1) is 8.83. The van der Waals surface area contributed by atoms with Crippen molar-refractivity contribution >= 4 is 17.3 Å². The highest BCUT2D eigenvalue weighted by molar-refractivity contribution is 6.46. The Kier molecular flexibility index (Phi) is 2.43. The molecule has 88 valence electrons. The van der Waals surface area contributed by atoms with E-state index in [2.05, 4.69) is 4.79 Å². The lowest BCUT2D eigenvalue weighted by molar-refractivity contribution is -0.115. The van der Waals surface area contributed by atoms with E-state index >= 15 is 0 Å². The molecule has 0 bridgehead atoms. The van der Waals surface area contributed by atoms with Crippen LogP contribution in [-0.2, 0) is 4.79 Å². The molecule has 0 spiro atoms. The van der Waals surface area contributed by atoms with Crippen molar-refractivity contribution in [1.29, 1.82) is 0 Å². The predicted octanol–water partition coefficient (Wildman–Crippen LogP) is 2.16. The quantitative estimate of drug-likeness (QED) is 0.545.